The molecule has 0 aliphatic carbocycles. The fraction of sp³-hybridized carbons (Fsp3) is 0.583. The highest BCUT2D eigenvalue weighted by Gasteiger charge is 2.24. The Hall–Kier alpha value is -1.11. The first-order chi connectivity index (χ1) is 8.83. The number of methoxy groups -OCH3 is 1. The lowest BCUT2D eigenvalue weighted by atomic mass is 10.1. The van der Waals surface area contributed by atoms with E-state index in [0.29, 0.717) is 0 Å². The molecular weight excluding hydrogens is 250 g/mol. The summed E-state index contributed by atoms with van der Waals surface area (Å²) < 4.78 is 7.40. The molecule has 3 rings (SSSR count). The number of aromatic nitrogens is 2. The molecule has 1 unspecified atom stereocenters. The van der Waals surface area contributed by atoms with E-state index in [-0.39, 0.29) is 12.7 Å². The monoisotopic (exact) mass is 267 g/mol. The van der Waals surface area contributed by atoms with Crippen LogP contribution in [-0.4, -0.2) is 40.8 Å². The van der Waals surface area contributed by atoms with Crippen molar-refractivity contribution in [3.8, 4) is 0 Å². The van der Waals surface area contributed by atoms with E-state index in [1.807, 2.05) is 16.0 Å². The topological polar surface area (TPSA) is 50.0 Å². The number of anilines is 1. The fourth-order valence-electron chi connectivity index (χ4n) is 2.54. The van der Waals surface area contributed by atoms with Crippen molar-refractivity contribution in [1.82, 2.24) is 9.38 Å². The number of piperidine rings is 1. The minimum atomic E-state index is 0.0153. The third kappa shape index (κ3) is 1.90. The lowest BCUT2D eigenvalue weighted by molar-refractivity contribution is 0.0890. The van der Waals surface area contributed by atoms with E-state index in [1.165, 1.54) is 0 Å². The summed E-state index contributed by atoms with van der Waals surface area (Å²) in [5, 5.41) is 11.5. The predicted octanol–water partition coefficient (Wildman–Crippen LogP) is 1.50. The minimum Gasteiger partial charge on any atom is -0.390 e. The van der Waals surface area contributed by atoms with Crippen LogP contribution in [0.4, 0.5) is 5.82 Å². The van der Waals surface area contributed by atoms with Gasteiger partial charge in [0.1, 0.15) is 0 Å². The molecule has 3 heterocycles. The number of hydrogen-bond donors (Lipinski definition) is 1. The lowest BCUT2D eigenvalue weighted by Crippen LogP contribution is -2.39. The van der Waals surface area contributed by atoms with Crippen molar-refractivity contribution in [2.75, 3.05) is 25.1 Å². The highest BCUT2D eigenvalue weighted by atomic mass is 32.1. The molecule has 2 aromatic heterocycles. The molecule has 1 aliphatic heterocycles. The molecule has 6 heteroatoms. The zero-order valence-electron chi connectivity index (χ0n) is 10.4. The molecule has 1 N–H and O–H groups in total. The lowest BCUT2D eigenvalue weighted by Gasteiger charge is -2.32. The van der Waals surface area contributed by atoms with Crippen molar-refractivity contribution >= 4 is 22.1 Å². The molecule has 1 fully saturated rings. The first-order valence-corrected chi connectivity index (χ1v) is 7.04. The van der Waals surface area contributed by atoms with Gasteiger partial charge in [0.05, 0.1) is 18.4 Å². The van der Waals surface area contributed by atoms with Crippen molar-refractivity contribution in [2.24, 2.45) is 0 Å². The summed E-state index contributed by atoms with van der Waals surface area (Å²) in [6, 6.07) is 0. The molecule has 18 heavy (non-hydrogen) atoms. The smallest absolute Gasteiger partial charge is 0.195 e. The van der Waals surface area contributed by atoms with Crippen molar-refractivity contribution in [3.63, 3.8) is 0 Å². The van der Waals surface area contributed by atoms with E-state index in [9.17, 15) is 5.11 Å². The molecule has 98 valence electrons. The molecule has 0 aromatic carbocycles. The van der Waals surface area contributed by atoms with Crippen LogP contribution in [0.15, 0.2) is 11.6 Å². The molecule has 0 spiro atoms. The van der Waals surface area contributed by atoms with Gasteiger partial charge in [0.25, 0.3) is 0 Å². The van der Waals surface area contributed by atoms with Gasteiger partial charge in [0, 0.05) is 31.8 Å². The third-order valence-electron chi connectivity index (χ3n) is 3.50. The average Bonchev–Trinajstić information content (AvgIpc) is 2.98. The van der Waals surface area contributed by atoms with E-state index >= 15 is 0 Å². The average molecular weight is 267 g/mol. The van der Waals surface area contributed by atoms with Crippen LogP contribution in [0.25, 0.3) is 4.96 Å². The summed E-state index contributed by atoms with van der Waals surface area (Å²) in [7, 11) is 1.76. The van der Waals surface area contributed by atoms with Crippen LogP contribution in [0, 0.1) is 0 Å². The van der Waals surface area contributed by atoms with Gasteiger partial charge in [0.15, 0.2) is 10.8 Å². The maximum Gasteiger partial charge on any atom is 0.195 e. The normalized spacial score (nSPS) is 20.8. The van der Waals surface area contributed by atoms with Crippen molar-refractivity contribution in [3.05, 3.63) is 17.3 Å². The summed E-state index contributed by atoms with van der Waals surface area (Å²) in [6.07, 6.45) is 4.43. The van der Waals surface area contributed by atoms with Gasteiger partial charge >= 0.3 is 0 Å². The van der Waals surface area contributed by atoms with Gasteiger partial charge in [-0.05, 0) is 12.8 Å². The molecule has 0 bridgehead atoms. The second-order valence-electron chi connectivity index (χ2n) is 4.54. The van der Waals surface area contributed by atoms with Crippen LogP contribution >= 0.6 is 11.3 Å². The van der Waals surface area contributed by atoms with Crippen LogP contribution < -0.4 is 4.90 Å². The van der Waals surface area contributed by atoms with E-state index in [0.717, 1.165) is 42.4 Å². The van der Waals surface area contributed by atoms with Gasteiger partial charge in [-0.3, -0.25) is 4.40 Å². The SMILES string of the molecule is COC1CCCN(c2nc3sccn3c2CO)C1. The number of thiazole rings is 1. The number of nitrogens with zero attached hydrogens (tertiary/aromatic N) is 3. The van der Waals surface area contributed by atoms with Crippen molar-refractivity contribution in [2.45, 2.75) is 25.6 Å². The van der Waals surface area contributed by atoms with Crippen LogP contribution in [0.1, 0.15) is 18.5 Å². The van der Waals surface area contributed by atoms with Gasteiger partial charge in [-0.2, -0.15) is 0 Å². The summed E-state index contributed by atoms with van der Waals surface area (Å²) in [4.78, 5) is 7.79. The summed E-state index contributed by atoms with van der Waals surface area (Å²) >= 11 is 1.59. The molecular formula is C12H17N3O2S. The molecule has 0 amide bonds. The summed E-state index contributed by atoms with van der Waals surface area (Å²) in [5.41, 5.74) is 0.878. The number of fused-ring (bicyclic) bond motifs is 1. The predicted molar refractivity (Wildman–Crippen MR) is 71.2 cm³/mol. The van der Waals surface area contributed by atoms with Crippen LogP contribution in [0.5, 0.6) is 0 Å². The summed E-state index contributed by atoms with van der Waals surface area (Å²) in [5.74, 6) is 0.908. The van der Waals surface area contributed by atoms with Crippen LogP contribution in [0.2, 0.25) is 0 Å². The van der Waals surface area contributed by atoms with Crippen molar-refractivity contribution in [1.29, 1.82) is 0 Å². The Morgan fingerprint density at radius 3 is 3.28 bits per heavy atom. The number of ether oxygens (including phenoxy) is 1. The highest BCUT2D eigenvalue weighted by molar-refractivity contribution is 7.15. The van der Waals surface area contributed by atoms with E-state index in [2.05, 4.69) is 9.88 Å². The van der Waals surface area contributed by atoms with E-state index in [4.69, 9.17) is 4.74 Å². The first kappa shape index (κ1) is 12.0. The fourth-order valence-corrected chi connectivity index (χ4v) is 3.27. The molecule has 0 saturated carbocycles. The van der Waals surface area contributed by atoms with Crippen LogP contribution in [0.3, 0.4) is 0 Å². The zero-order chi connectivity index (χ0) is 12.5. The van der Waals surface area contributed by atoms with Gasteiger partial charge < -0.3 is 14.7 Å². The summed E-state index contributed by atoms with van der Waals surface area (Å²) in [6.45, 7) is 1.85. The van der Waals surface area contributed by atoms with Gasteiger partial charge in [-0.1, -0.05) is 0 Å². The number of hydrogen-bond acceptors (Lipinski definition) is 5. The maximum absolute atomic E-state index is 9.56. The number of rotatable bonds is 3. The van der Waals surface area contributed by atoms with Gasteiger partial charge in [-0.15, -0.1) is 11.3 Å². The Morgan fingerprint density at radius 2 is 2.50 bits per heavy atom. The van der Waals surface area contributed by atoms with Gasteiger partial charge in [-0.25, -0.2) is 4.98 Å². The number of aliphatic hydroxyl groups is 1. The molecule has 2 aromatic rings. The molecule has 1 aliphatic rings. The second kappa shape index (κ2) is 4.87. The quantitative estimate of drug-likeness (QED) is 0.915. The zero-order valence-corrected chi connectivity index (χ0v) is 11.2. The third-order valence-corrected chi connectivity index (χ3v) is 4.26. The Balaban J connectivity index is 1.95. The Kier molecular flexibility index (Phi) is 3.23. The first-order valence-electron chi connectivity index (χ1n) is 6.16. The Labute approximate surface area is 110 Å². The Bertz CT molecular complexity index is 536. The van der Waals surface area contributed by atoms with Gasteiger partial charge in [0.2, 0.25) is 0 Å². The standard InChI is InChI=1S/C12H17N3O2S/c1-17-9-3-2-4-14(7-9)11-10(8-16)15-5-6-18-12(15)13-11/h5-6,9,16H,2-4,7-8H2,1H3. The highest BCUT2D eigenvalue weighted by Crippen LogP contribution is 2.27. The molecule has 5 nitrogen and oxygen atoms in total. The number of imidazole rings is 1. The largest absolute Gasteiger partial charge is 0.390 e. The van der Waals surface area contributed by atoms with E-state index in [1.54, 1.807) is 18.4 Å². The minimum absolute atomic E-state index is 0.0153. The Morgan fingerprint density at radius 1 is 1.61 bits per heavy atom. The van der Waals surface area contributed by atoms with Crippen LogP contribution in [-0.2, 0) is 11.3 Å². The number of aliphatic hydroxyl groups excluding tert-OH is 1. The molecule has 0 radical (unpaired) electrons. The van der Waals surface area contributed by atoms with Crippen molar-refractivity contribution < 1.29 is 9.84 Å². The molecule has 1 saturated heterocycles. The second-order valence-corrected chi connectivity index (χ2v) is 5.41. The molecule has 1 atom stereocenters. The maximum atomic E-state index is 9.56. The van der Waals surface area contributed by atoms with E-state index < -0.39 is 0 Å².